The van der Waals surface area contributed by atoms with Crippen LogP contribution in [0.2, 0.25) is 10.0 Å². The Balaban J connectivity index is 1.87. The van der Waals surface area contributed by atoms with E-state index in [2.05, 4.69) is 0 Å². The molecule has 0 saturated carbocycles. The molecular formula is C18H14Cl2O4. The molecule has 0 aliphatic heterocycles. The fourth-order valence-corrected chi connectivity index (χ4v) is 3.46. The van der Waals surface area contributed by atoms with Crippen LogP contribution in [0.5, 0.6) is 5.75 Å². The highest BCUT2D eigenvalue weighted by atomic mass is 35.5. The second kappa shape index (κ2) is 6.83. The van der Waals surface area contributed by atoms with E-state index in [0.717, 1.165) is 11.1 Å². The van der Waals surface area contributed by atoms with Gasteiger partial charge in [-0.15, -0.1) is 0 Å². The quantitative estimate of drug-likeness (QED) is 0.868. The molecule has 1 aliphatic carbocycles. The van der Waals surface area contributed by atoms with Crippen LogP contribution >= 0.6 is 23.2 Å². The Morgan fingerprint density at radius 3 is 2.58 bits per heavy atom. The van der Waals surface area contributed by atoms with Crippen LogP contribution in [-0.2, 0) is 17.6 Å². The summed E-state index contributed by atoms with van der Waals surface area (Å²) in [6.45, 7) is -0.518. The number of rotatable bonds is 5. The zero-order chi connectivity index (χ0) is 17.3. The molecule has 0 amide bonds. The number of fused-ring (bicyclic) bond motifs is 1. The molecule has 1 aliphatic rings. The van der Waals surface area contributed by atoms with E-state index < -0.39 is 12.6 Å². The summed E-state index contributed by atoms with van der Waals surface area (Å²) in [7, 11) is 0. The third-order valence-corrected chi connectivity index (χ3v) is 4.86. The minimum Gasteiger partial charge on any atom is -0.480 e. The summed E-state index contributed by atoms with van der Waals surface area (Å²) in [5.41, 5.74) is 2.24. The number of aliphatic carboxylic acids is 1. The summed E-state index contributed by atoms with van der Waals surface area (Å²) in [4.78, 5) is 23.3. The summed E-state index contributed by atoms with van der Waals surface area (Å²) in [6.07, 6.45) is 1.15. The van der Waals surface area contributed by atoms with Crippen molar-refractivity contribution in [3.05, 3.63) is 63.1 Å². The topological polar surface area (TPSA) is 63.6 Å². The van der Waals surface area contributed by atoms with E-state index in [4.69, 9.17) is 33.0 Å². The van der Waals surface area contributed by atoms with Gasteiger partial charge >= 0.3 is 5.97 Å². The monoisotopic (exact) mass is 364 g/mol. The van der Waals surface area contributed by atoms with Crippen LogP contribution in [0.15, 0.2) is 36.4 Å². The van der Waals surface area contributed by atoms with Crippen LogP contribution in [0, 0.1) is 5.92 Å². The Bertz CT molecular complexity index is 802. The Morgan fingerprint density at radius 2 is 1.92 bits per heavy atom. The van der Waals surface area contributed by atoms with Gasteiger partial charge in [0, 0.05) is 11.5 Å². The van der Waals surface area contributed by atoms with Gasteiger partial charge in [0.2, 0.25) is 0 Å². The van der Waals surface area contributed by atoms with Crippen molar-refractivity contribution in [2.45, 2.75) is 12.8 Å². The van der Waals surface area contributed by atoms with Crippen molar-refractivity contribution in [2.24, 2.45) is 5.92 Å². The molecule has 1 N–H and O–H groups in total. The van der Waals surface area contributed by atoms with Gasteiger partial charge in [-0.05, 0) is 30.0 Å². The summed E-state index contributed by atoms with van der Waals surface area (Å²) in [6, 6.07) is 11.4. The molecule has 124 valence electrons. The van der Waals surface area contributed by atoms with Gasteiger partial charge in [0.15, 0.2) is 12.4 Å². The number of hydrogen-bond donors (Lipinski definition) is 1. The lowest BCUT2D eigenvalue weighted by Gasteiger charge is -2.10. The molecule has 0 heterocycles. The highest BCUT2D eigenvalue weighted by molar-refractivity contribution is 6.45. The molecule has 2 aromatic rings. The first kappa shape index (κ1) is 16.8. The number of carboxylic acid groups (broad SMARTS) is 1. The first-order valence-electron chi connectivity index (χ1n) is 7.41. The van der Waals surface area contributed by atoms with Gasteiger partial charge in [0.1, 0.15) is 10.8 Å². The van der Waals surface area contributed by atoms with E-state index in [1.165, 1.54) is 0 Å². The average molecular weight is 365 g/mol. The molecule has 6 heteroatoms. The molecule has 0 saturated heterocycles. The number of benzene rings is 2. The summed E-state index contributed by atoms with van der Waals surface area (Å²) in [5.74, 6) is -1.16. The lowest BCUT2D eigenvalue weighted by atomic mass is 9.96. The Morgan fingerprint density at radius 1 is 1.21 bits per heavy atom. The normalized spacial score (nSPS) is 16.1. The minimum absolute atomic E-state index is 0.0365. The second-order valence-corrected chi connectivity index (χ2v) is 6.43. The number of ketones is 1. The number of halogens is 2. The molecule has 2 aromatic carbocycles. The molecule has 1 atom stereocenters. The summed E-state index contributed by atoms with van der Waals surface area (Å²) < 4.78 is 5.17. The number of ether oxygens (including phenoxy) is 1. The molecule has 0 radical (unpaired) electrons. The third-order valence-electron chi connectivity index (χ3n) is 4.01. The molecule has 0 aromatic heterocycles. The molecule has 1 unspecified atom stereocenters. The van der Waals surface area contributed by atoms with Crippen molar-refractivity contribution in [2.75, 3.05) is 6.61 Å². The number of hydrogen-bond acceptors (Lipinski definition) is 3. The molecule has 24 heavy (non-hydrogen) atoms. The fourth-order valence-electron chi connectivity index (χ4n) is 2.95. The van der Waals surface area contributed by atoms with Gasteiger partial charge < -0.3 is 9.84 Å². The smallest absolute Gasteiger partial charge is 0.341 e. The predicted octanol–water partition coefficient (Wildman–Crippen LogP) is 4.05. The third kappa shape index (κ3) is 3.25. The summed E-state index contributed by atoms with van der Waals surface area (Å²) in [5, 5.41) is 8.93. The van der Waals surface area contributed by atoms with Crippen LogP contribution in [0.3, 0.4) is 0 Å². The van der Waals surface area contributed by atoms with Gasteiger partial charge in [0.25, 0.3) is 0 Å². The number of carbonyl (C=O) groups excluding carboxylic acids is 1. The number of Topliss-reactive ketones (excluding diaryl/α,β-unsaturated/α-hetero) is 1. The van der Waals surface area contributed by atoms with Crippen molar-refractivity contribution < 1.29 is 19.4 Å². The highest BCUT2D eigenvalue weighted by Crippen LogP contribution is 2.42. The van der Waals surface area contributed by atoms with E-state index in [1.54, 1.807) is 6.07 Å². The Labute approximate surface area is 149 Å². The van der Waals surface area contributed by atoms with Gasteiger partial charge in [-0.1, -0.05) is 53.5 Å². The van der Waals surface area contributed by atoms with E-state index in [9.17, 15) is 9.59 Å². The maximum atomic E-state index is 12.7. The predicted molar refractivity (Wildman–Crippen MR) is 91.3 cm³/mol. The van der Waals surface area contributed by atoms with Gasteiger partial charge in [0.05, 0.1) is 5.02 Å². The molecule has 0 spiro atoms. The zero-order valence-electron chi connectivity index (χ0n) is 12.6. The lowest BCUT2D eigenvalue weighted by Crippen LogP contribution is -2.12. The average Bonchev–Trinajstić information content (AvgIpc) is 2.86. The van der Waals surface area contributed by atoms with Crippen LogP contribution in [0.25, 0.3) is 0 Å². The Hall–Kier alpha value is -2.04. The van der Waals surface area contributed by atoms with Crippen molar-refractivity contribution in [1.82, 2.24) is 0 Å². The van der Waals surface area contributed by atoms with Gasteiger partial charge in [-0.25, -0.2) is 4.79 Å². The van der Waals surface area contributed by atoms with Gasteiger partial charge in [-0.3, -0.25) is 4.79 Å². The second-order valence-electron chi connectivity index (χ2n) is 5.67. The molecule has 0 fully saturated rings. The van der Waals surface area contributed by atoms with E-state index in [-0.39, 0.29) is 27.5 Å². The zero-order valence-corrected chi connectivity index (χ0v) is 14.1. The van der Waals surface area contributed by atoms with Crippen LogP contribution in [0.4, 0.5) is 0 Å². The first-order chi connectivity index (χ1) is 11.5. The van der Waals surface area contributed by atoms with Crippen molar-refractivity contribution >= 4 is 35.0 Å². The fraction of sp³-hybridized carbons (Fsp3) is 0.222. The number of carboxylic acids is 1. The maximum Gasteiger partial charge on any atom is 0.341 e. The highest BCUT2D eigenvalue weighted by Gasteiger charge is 2.34. The molecule has 4 nitrogen and oxygen atoms in total. The van der Waals surface area contributed by atoms with E-state index >= 15 is 0 Å². The van der Waals surface area contributed by atoms with Crippen molar-refractivity contribution in [3.63, 3.8) is 0 Å². The standard InChI is InChI=1S/C18H14Cl2O4/c19-16-13(24-9-14(21)22)8-11-7-12(18(23)15(11)17(16)20)6-10-4-2-1-3-5-10/h1-5,8,12H,6-7,9H2,(H,21,22). The molecule has 0 bridgehead atoms. The maximum absolute atomic E-state index is 12.7. The largest absolute Gasteiger partial charge is 0.480 e. The van der Waals surface area contributed by atoms with Crippen molar-refractivity contribution in [3.8, 4) is 5.75 Å². The van der Waals surface area contributed by atoms with E-state index in [0.29, 0.717) is 18.4 Å². The van der Waals surface area contributed by atoms with E-state index in [1.807, 2.05) is 30.3 Å². The molecular weight excluding hydrogens is 351 g/mol. The van der Waals surface area contributed by atoms with Gasteiger partial charge in [-0.2, -0.15) is 0 Å². The van der Waals surface area contributed by atoms with Crippen LogP contribution in [0.1, 0.15) is 21.5 Å². The lowest BCUT2D eigenvalue weighted by molar-refractivity contribution is -0.139. The van der Waals surface area contributed by atoms with Crippen LogP contribution in [-0.4, -0.2) is 23.5 Å². The Kier molecular flexibility index (Phi) is 4.78. The first-order valence-corrected chi connectivity index (χ1v) is 8.16. The molecule has 3 rings (SSSR count). The number of carbonyl (C=O) groups is 2. The van der Waals surface area contributed by atoms with Crippen LogP contribution < -0.4 is 4.74 Å². The summed E-state index contributed by atoms with van der Waals surface area (Å²) >= 11 is 12.4. The SMILES string of the molecule is O=C(O)COc1cc2c(c(Cl)c1Cl)C(=O)C(Cc1ccccc1)C2. The van der Waals surface area contributed by atoms with Crippen molar-refractivity contribution in [1.29, 1.82) is 0 Å². The minimum atomic E-state index is -1.11.